The molecule has 0 spiro atoms. The van der Waals surface area contributed by atoms with Gasteiger partial charge in [0.25, 0.3) is 5.91 Å². The lowest BCUT2D eigenvalue weighted by Crippen LogP contribution is -2.35. The number of hydrogen-bond acceptors (Lipinski definition) is 4. The number of nitrogens with one attached hydrogen (secondary N) is 1. The van der Waals surface area contributed by atoms with Crippen LogP contribution < -0.4 is 5.32 Å². The second-order valence-electron chi connectivity index (χ2n) is 11.2. The van der Waals surface area contributed by atoms with Crippen LogP contribution in [0.3, 0.4) is 0 Å². The molecule has 0 saturated carbocycles. The summed E-state index contributed by atoms with van der Waals surface area (Å²) in [5, 5.41) is 2.89. The van der Waals surface area contributed by atoms with Crippen molar-refractivity contribution in [3.63, 3.8) is 0 Å². The molecule has 6 heteroatoms. The molecule has 2 aliphatic rings. The second kappa shape index (κ2) is 18.6. The molecule has 1 fully saturated rings. The van der Waals surface area contributed by atoms with E-state index in [1.165, 1.54) is 6.08 Å². The summed E-state index contributed by atoms with van der Waals surface area (Å²) in [6, 6.07) is 9.19. The van der Waals surface area contributed by atoms with E-state index in [-0.39, 0.29) is 23.4 Å². The van der Waals surface area contributed by atoms with Crippen molar-refractivity contribution in [2.75, 3.05) is 19.6 Å². The lowest BCUT2D eigenvalue weighted by Gasteiger charge is -2.24. The van der Waals surface area contributed by atoms with Crippen molar-refractivity contribution in [2.45, 2.75) is 77.2 Å². The lowest BCUT2D eigenvalue weighted by molar-refractivity contribution is -0.132. The van der Waals surface area contributed by atoms with Gasteiger partial charge < -0.3 is 15.0 Å². The minimum atomic E-state index is -1.18. The number of hydrogen-bond donors (Lipinski definition) is 1. The molecule has 0 aliphatic carbocycles. The number of carbonyl (C=O) groups excluding carboxylic acids is 3. The van der Waals surface area contributed by atoms with E-state index in [0.29, 0.717) is 31.6 Å². The monoisotopic (exact) mass is 584 g/mol. The van der Waals surface area contributed by atoms with Gasteiger partial charge in [-0.1, -0.05) is 98.0 Å². The van der Waals surface area contributed by atoms with E-state index in [2.05, 4.69) is 73.0 Å². The molecule has 1 unspecified atom stereocenters. The average molecular weight is 585 g/mol. The van der Waals surface area contributed by atoms with Crippen LogP contribution in [-0.4, -0.2) is 42.1 Å². The topological polar surface area (TPSA) is 75.7 Å². The Kier molecular flexibility index (Phi) is 14.5. The molecular formula is C37H48N2O4. The maximum absolute atomic E-state index is 12.7. The molecule has 0 bridgehead atoms. The van der Waals surface area contributed by atoms with E-state index in [4.69, 9.17) is 4.74 Å². The van der Waals surface area contributed by atoms with E-state index < -0.39 is 11.5 Å². The molecule has 6 nitrogen and oxygen atoms in total. The molecule has 230 valence electrons. The van der Waals surface area contributed by atoms with Gasteiger partial charge in [0.1, 0.15) is 0 Å². The van der Waals surface area contributed by atoms with Gasteiger partial charge in [-0.2, -0.15) is 0 Å². The molecule has 1 aromatic rings. The van der Waals surface area contributed by atoms with Crippen molar-refractivity contribution in [1.29, 1.82) is 0 Å². The number of amides is 2. The first-order valence-electron chi connectivity index (χ1n) is 15.8. The highest BCUT2D eigenvalue weighted by molar-refractivity contribution is 6.07. The van der Waals surface area contributed by atoms with E-state index in [1.54, 1.807) is 6.92 Å². The number of likely N-dealkylation sites (tertiary alicyclic amines) is 1. The van der Waals surface area contributed by atoms with Crippen LogP contribution in [0.5, 0.6) is 0 Å². The number of ether oxygens (including phenoxy) is 1. The molecule has 2 heterocycles. The Morgan fingerprint density at radius 3 is 2.16 bits per heavy atom. The number of rotatable bonds is 17. The maximum atomic E-state index is 12.7. The quantitative estimate of drug-likeness (QED) is 0.154. The first-order valence-corrected chi connectivity index (χ1v) is 15.8. The molecule has 2 aliphatic heterocycles. The third-order valence-electron chi connectivity index (χ3n) is 7.70. The lowest BCUT2D eigenvalue weighted by atomic mass is 9.92. The Balaban J connectivity index is 1.23. The molecule has 0 radical (unpaired) electrons. The standard InChI is InChI=1S/C37H48N2O4/c1-3-4-5-6-7-8-9-10-11-12-13-14-15-16-17-18-22-25-35(41)39-27-26-31(30-39)29-38-36(42)33-28-34(40)37(2,43-33)32-23-20-19-21-24-32/h4-5,7-8,10-11,13-14,16-17,19-21,23-24,28,31H,3,6,9,12,15,18,22,25-27,29-30H2,1-2H3,(H,38,42)/t31-,37?/m1/s1. The molecular weight excluding hydrogens is 536 g/mol. The van der Waals surface area contributed by atoms with Crippen molar-refractivity contribution in [3.8, 4) is 0 Å². The van der Waals surface area contributed by atoms with E-state index in [1.807, 2.05) is 35.2 Å². The number of unbranched alkanes of at least 4 members (excludes halogenated alkanes) is 1. The summed E-state index contributed by atoms with van der Waals surface area (Å²) in [4.78, 5) is 39.9. The van der Waals surface area contributed by atoms with Crippen molar-refractivity contribution in [3.05, 3.63) is 108 Å². The van der Waals surface area contributed by atoms with Gasteiger partial charge in [-0.3, -0.25) is 14.4 Å². The zero-order valence-electron chi connectivity index (χ0n) is 25.9. The van der Waals surface area contributed by atoms with E-state index in [9.17, 15) is 14.4 Å². The molecule has 1 N–H and O–H groups in total. The first kappa shape index (κ1) is 33.6. The third kappa shape index (κ3) is 11.3. The van der Waals surface area contributed by atoms with Gasteiger partial charge in [0.2, 0.25) is 11.7 Å². The third-order valence-corrected chi connectivity index (χ3v) is 7.70. The summed E-state index contributed by atoms with van der Waals surface area (Å²) >= 11 is 0. The Hall–Kier alpha value is -3.93. The van der Waals surface area contributed by atoms with Gasteiger partial charge in [-0.15, -0.1) is 0 Å². The Morgan fingerprint density at radius 2 is 1.53 bits per heavy atom. The summed E-state index contributed by atoms with van der Waals surface area (Å²) in [6.45, 7) is 5.63. The SMILES string of the molecule is CCC=CCC=CCC=CCC=CCC=CCCCC(=O)N1CC[C@H](CNC(=O)C2=CC(=O)C(C)(c3ccccc3)O2)C1. The molecule has 2 amide bonds. The van der Waals surface area contributed by atoms with E-state index >= 15 is 0 Å². The normalized spacial score (nSPS) is 20.8. The van der Waals surface area contributed by atoms with Crippen molar-refractivity contribution < 1.29 is 19.1 Å². The van der Waals surface area contributed by atoms with Crippen LogP contribution in [0.15, 0.2) is 103 Å². The minimum Gasteiger partial charge on any atom is -0.469 e. The van der Waals surface area contributed by atoms with Gasteiger partial charge >= 0.3 is 0 Å². The van der Waals surface area contributed by atoms with Gasteiger partial charge in [-0.05, 0) is 64.2 Å². The van der Waals surface area contributed by atoms with Crippen LogP contribution in [0.25, 0.3) is 0 Å². The zero-order valence-corrected chi connectivity index (χ0v) is 25.9. The van der Waals surface area contributed by atoms with Crippen LogP contribution in [0.1, 0.15) is 77.2 Å². The highest BCUT2D eigenvalue weighted by Gasteiger charge is 2.43. The predicted octanol–water partition coefficient (Wildman–Crippen LogP) is 7.27. The van der Waals surface area contributed by atoms with Crippen molar-refractivity contribution in [2.24, 2.45) is 5.92 Å². The van der Waals surface area contributed by atoms with Gasteiger partial charge in [0.05, 0.1) is 0 Å². The fourth-order valence-electron chi connectivity index (χ4n) is 5.07. The maximum Gasteiger partial charge on any atom is 0.286 e. The second-order valence-corrected chi connectivity index (χ2v) is 11.2. The minimum absolute atomic E-state index is 0.0392. The number of allylic oxidation sites excluding steroid dienone is 10. The fourth-order valence-corrected chi connectivity index (χ4v) is 5.07. The Bertz CT molecular complexity index is 1220. The van der Waals surface area contributed by atoms with Gasteiger partial charge in [-0.25, -0.2) is 0 Å². The van der Waals surface area contributed by atoms with Crippen LogP contribution in [-0.2, 0) is 24.7 Å². The fraction of sp³-hybridized carbons (Fsp3) is 0.432. The average Bonchev–Trinajstić information content (AvgIpc) is 3.62. The Labute approximate surface area is 258 Å². The largest absolute Gasteiger partial charge is 0.469 e. The molecule has 43 heavy (non-hydrogen) atoms. The van der Waals surface area contributed by atoms with Gasteiger partial charge in [0.15, 0.2) is 11.4 Å². The number of nitrogens with zero attached hydrogens (tertiary/aromatic N) is 1. The summed E-state index contributed by atoms with van der Waals surface area (Å²) < 4.78 is 5.83. The summed E-state index contributed by atoms with van der Waals surface area (Å²) in [5.41, 5.74) is -0.470. The number of ketones is 1. The van der Waals surface area contributed by atoms with Crippen molar-refractivity contribution >= 4 is 17.6 Å². The summed E-state index contributed by atoms with van der Waals surface area (Å²) in [7, 11) is 0. The smallest absolute Gasteiger partial charge is 0.286 e. The molecule has 1 saturated heterocycles. The van der Waals surface area contributed by atoms with Crippen LogP contribution >= 0.6 is 0 Å². The highest BCUT2D eigenvalue weighted by Crippen LogP contribution is 2.34. The molecule has 1 aromatic carbocycles. The van der Waals surface area contributed by atoms with Crippen LogP contribution in [0.2, 0.25) is 0 Å². The molecule has 3 rings (SSSR count). The number of carbonyl (C=O) groups is 3. The predicted molar refractivity (Wildman–Crippen MR) is 174 cm³/mol. The number of benzene rings is 1. The van der Waals surface area contributed by atoms with E-state index in [0.717, 1.165) is 51.4 Å². The summed E-state index contributed by atoms with van der Waals surface area (Å²) in [5.74, 6) is -0.234. The zero-order chi connectivity index (χ0) is 30.8. The molecule has 2 atom stereocenters. The van der Waals surface area contributed by atoms with Crippen LogP contribution in [0, 0.1) is 5.92 Å². The summed E-state index contributed by atoms with van der Waals surface area (Å²) in [6.07, 6.45) is 31.2. The Morgan fingerprint density at radius 1 is 0.930 bits per heavy atom. The van der Waals surface area contributed by atoms with Gasteiger partial charge in [0, 0.05) is 37.7 Å². The first-order chi connectivity index (χ1) is 20.9. The van der Waals surface area contributed by atoms with Crippen LogP contribution in [0.4, 0.5) is 0 Å². The van der Waals surface area contributed by atoms with Crippen molar-refractivity contribution in [1.82, 2.24) is 10.2 Å². The highest BCUT2D eigenvalue weighted by atomic mass is 16.5. The molecule has 0 aromatic heterocycles.